The number of hydrogen-bond donors (Lipinski definition) is 2. The normalized spacial score (nSPS) is 22.9. The van der Waals surface area contributed by atoms with Crippen LogP contribution in [-0.4, -0.2) is 58.4 Å². The molecule has 1 aliphatic carbocycles. The summed E-state index contributed by atoms with van der Waals surface area (Å²) in [6.45, 7) is 8.16. The quantitative estimate of drug-likeness (QED) is 0.579. The van der Waals surface area contributed by atoms with E-state index in [4.69, 9.17) is 9.47 Å². The van der Waals surface area contributed by atoms with Gasteiger partial charge >= 0.3 is 0 Å². The fraction of sp³-hybridized carbons (Fsp3) is 0.560. The number of benzene rings is 1. The monoisotopic (exact) mass is 472 g/mol. The van der Waals surface area contributed by atoms with E-state index < -0.39 is 11.4 Å². The molecule has 1 aromatic heterocycles. The molecule has 0 bridgehead atoms. The number of nitrogens with zero attached hydrogens (tertiary/aromatic N) is 3. The van der Waals surface area contributed by atoms with Gasteiger partial charge in [-0.3, -0.25) is 4.79 Å². The Morgan fingerprint density at radius 1 is 1.32 bits per heavy atom. The molecule has 1 aromatic carbocycles. The number of ether oxygens (including phenoxy) is 2. The SMILES string of the molecule is CC(C(=O)NC1CC1C)c1ccc(O[C@@H]2CCN(c3ncnc(OCC(C)(C)O)c3F)C2)cc1. The first-order valence-corrected chi connectivity index (χ1v) is 11.8. The van der Waals surface area contributed by atoms with Crippen molar-refractivity contribution in [2.24, 2.45) is 5.92 Å². The maximum Gasteiger partial charge on any atom is 0.255 e. The second-order valence-corrected chi connectivity index (χ2v) is 10.0. The van der Waals surface area contributed by atoms with E-state index in [1.54, 1.807) is 18.7 Å². The Bertz CT molecular complexity index is 1010. The predicted octanol–water partition coefficient (Wildman–Crippen LogP) is 3.05. The average Bonchev–Trinajstić information content (AvgIpc) is 3.28. The van der Waals surface area contributed by atoms with E-state index in [9.17, 15) is 14.3 Å². The molecule has 1 saturated carbocycles. The number of nitrogens with one attached hydrogen (secondary N) is 1. The number of anilines is 1. The number of amides is 1. The lowest BCUT2D eigenvalue weighted by Gasteiger charge is -2.21. The van der Waals surface area contributed by atoms with E-state index in [0.29, 0.717) is 37.2 Å². The largest absolute Gasteiger partial charge is 0.489 e. The third kappa shape index (κ3) is 5.94. The van der Waals surface area contributed by atoms with Crippen LogP contribution in [0.4, 0.5) is 10.2 Å². The Labute approximate surface area is 199 Å². The minimum absolute atomic E-state index is 0.0484. The third-order valence-corrected chi connectivity index (χ3v) is 6.26. The first-order chi connectivity index (χ1) is 16.1. The molecule has 3 unspecified atom stereocenters. The minimum Gasteiger partial charge on any atom is -0.489 e. The van der Waals surface area contributed by atoms with Gasteiger partial charge < -0.3 is 24.8 Å². The number of carbonyl (C=O) groups excluding carboxylic acids is 1. The molecule has 9 heteroatoms. The zero-order valence-corrected chi connectivity index (χ0v) is 20.1. The van der Waals surface area contributed by atoms with Gasteiger partial charge in [0.15, 0.2) is 5.82 Å². The number of aliphatic hydroxyl groups is 1. The number of halogens is 1. The summed E-state index contributed by atoms with van der Waals surface area (Å²) in [5.74, 6) is 0.430. The number of carbonyl (C=O) groups is 1. The van der Waals surface area contributed by atoms with Crippen molar-refractivity contribution < 1.29 is 23.8 Å². The maximum absolute atomic E-state index is 14.9. The Kier molecular flexibility index (Phi) is 6.93. The molecule has 2 aliphatic rings. The van der Waals surface area contributed by atoms with E-state index in [1.807, 2.05) is 31.2 Å². The van der Waals surface area contributed by atoms with Gasteiger partial charge in [0.2, 0.25) is 11.7 Å². The summed E-state index contributed by atoms with van der Waals surface area (Å²) in [4.78, 5) is 22.1. The number of rotatable bonds is 9. The average molecular weight is 473 g/mol. The van der Waals surface area contributed by atoms with Crippen LogP contribution in [0.15, 0.2) is 30.6 Å². The van der Waals surface area contributed by atoms with Gasteiger partial charge in [0.05, 0.1) is 18.1 Å². The lowest BCUT2D eigenvalue weighted by Crippen LogP contribution is -2.30. The topological polar surface area (TPSA) is 96.8 Å². The van der Waals surface area contributed by atoms with Gasteiger partial charge in [-0.05, 0) is 50.8 Å². The molecule has 4 rings (SSSR count). The highest BCUT2D eigenvalue weighted by atomic mass is 19.1. The molecule has 1 saturated heterocycles. The molecule has 2 aromatic rings. The zero-order valence-electron chi connectivity index (χ0n) is 20.1. The Hall–Kier alpha value is -2.94. The van der Waals surface area contributed by atoms with Gasteiger partial charge in [-0.15, -0.1) is 0 Å². The van der Waals surface area contributed by atoms with Crippen molar-refractivity contribution in [3.8, 4) is 11.6 Å². The van der Waals surface area contributed by atoms with E-state index in [0.717, 1.165) is 12.0 Å². The van der Waals surface area contributed by atoms with Crippen molar-refractivity contribution in [1.29, 1.82) is 0 Å². The third-order valence-electron chi connectivity index (χ3n) is 6.26. The van der Waals surface area contributed by atoms with Gasteiger partial charge in [-0.1, -0.05) is 19.1 Å². The Morgan fingerprint density at radius 2 is 2.03 bits per heavy atom. The molecule has 184 valence electrons. The Balaban J connectivity index is 1.32. The van der Waals surface area contributed by atoms with Crippen LogP contribution in [-0.2, 0) is 4.79 Å². The molecule has 1 amide bonds. The summed E-state index contributed by atoms with van der Waals surface area (Å²) in [7, 11) is 0. The van der Waals surface area contributed by atoms with Crippen LogP contribution in [0, 0.1) is 11.7 Å². The van der Waals surface area contributed by atoms with Gasteiger partial charge in [0, 0.05) is 19.0 Å². The van der Waals surface area contributed by atoms with Gasteiger partial charge in [0.1, 0.15) is 24.8 Å². The molecule has 4 atom stereocenters. The van der Waals surface area contributed by atoms with Crippen LogP contribution in [0.1, 0.15) is 52.0 Å². The fourth-order valence-corrected chi connectivity index (χ4v) is 3.94. The molecular weight excluding hydrogens is 439 g/mol. The molecule has 0 radical (unpaired) electrons. The van der Waals surface area contributed by atoms with Gasteiger partial charge in [-0.25, -0.2) is 4.98 Å². The van der Waals surface area contributed by atoms with Gasteiger partial charge in [-0.2, -0.15) is 9.37 Å². The summed E-state index contributed by atoms with van der Waals surface area (Å²) in [5, 5.41) is 12.9. The van der Waals surface area contributed by atoms with Crippen molar-refractivity contribution in [3.63, 3.8) is 0 Å². The lowest BCUT2D eigenvalue weighted by atomic mass is 10.0. The van der Waals surface area contributed by atoms with E-state index in [-0.39, 0.29) is 36.2 Å². The van der Waals surface area contributed by atoms with Crippen LogP contribution in [0.3, 0.4) is 0 Å². The smallest absolute Gasteiger partial charge is 0.255 e. The number of hydrogen-bond acceptors (Lipinski definition) is 7. The second kappa shape index (κ2) is 9.74. The molecule has 34 heavy (non-hydrogen) atoms. The molecule has 8 nitrogen and oxygen atoms in total. The molecule has 1 aliphatic heterocycles. The highest BCUT2D eigenvalue weighted by molar-refractivity contribution is 5.83. The first-order valence-electron chi connectivity index (χ1n) is 11.8. The van der Waals surface area contributed by atoms with Crippen LogP contribution < -0.4 is 19.7 Å². The van der Waals surface area contributed by atoms with Crippen LogP contribution in [0.25, 0.3) is 0 Å². The van der Waals surface area contributed by atoms with Gasteiger partial charge in [0.25, 0.3) is 5.88 Å². The maximum atomic E-state index is 14.9. The summed E-state index contributed by atoms with van der Waals surface area (Å²) < 4.78 is 26.3. The van der Waals surface area contributed by atoms with Crippen LogP contribution in [0.2, 0.25) is 0 Å². The van der Waals surface area contributed by atoms with Crippen molar-refractivity contribution in [3.05, 3.63) is 42.0 Å². The molecule has 2 N–H and O–H groups in total. The molecule has 2 fully saturated rings. The zero-order chi connectivity index (χ0) is 24.5. The van der Waals surface area contributed by atoms with E-state index in [2.05, 4.69) is 22.2 Å². The summed E-state index contributed by atoms with van der Waals surface area (Å²) >= 11 is 0. The first kappa shape index (κ1) is 24.2. The molecular formula is C25H33FN4O4. The van der Waals surface area contributed by atoms with Crippen molar-refractivity contribution in [1.82, 2.24) is 15.3 Å². The van der Waals surface area contributed by atoms with E-state index in [1.165, 1.54) is 6.33 Å². The van der Waals surface area contributed by atoms with Crippen LogP contribution in [0.5, 0.6) is 11.6 Å². The summed E-state index contributed by atoms with van der Waals surface area (Å²) in [5.41, 5.74) is -0.162. The van der Waals surface area contributed by atoms with Crippen molar-refractivity contribution in [2.45, 2.75) is 64.2 Å². The Morgan fingerprint density at radius 3 is 2.68 bits per heavy atom. The van der Waals surface area contributed by atoms with Crippen molar-refractivity contribution >= 4 is 11.7 Å². The summed E-state index contributed by atoms with van der Waals surface area (Å²) in [6.07, 6.45) is 2.89. The summed E-state index contributed by atoms with van der Waals surface area (Å²) in [6, 6.07) is 7.88. The predicted molar refractivity (Wildman–Crippen MR) is 126 cm³/mol. The fourth-order valence-electron chi connectivity index (χ4n) is 3.94. The standard InChI is InChI=1S/C25H33FN4O4/c1-15-11-20(15)29-23(31)16(2)17-5-7-18(8-6-17)34-19-9-10-30(12-19)22-21(26)24(28-14-27-22)33-13-25(3,4)32/h5-8,14-16,19-20,32H,9-13H2,1-4H3,(H,29,31)/t15?,16?,19-,20?/m1/s1. The highest BCUT2D eigenvalue weighted by Crippen LogP contribution is 2.31. The van der Waals surface area contributed by atoms with Crippen LogP contribution >= 0.6 is 0 Å². The van der Waals surface area contributed by atoms with E-state index >= 15 is 0 Å². The highest BCUT2D eigenvalue weighted by Gasteiger charge is 2.35. The second-order valence-electron chi connectivity index (χ2n) is 10.0. The molecule has 0 spiro atoms. The lowest BCUT2D eigenvalue weighted by molar-refractivity contribution is -0.122. The minimum atomic E-state index is -1.10. The number of aromatic nitrogens is 2. The van der Waals surface area contributed by atoms with Crippen molar-refractivity contribution in [2.75, 3.05) is 24.6 Å². The molecule has 2 heterocycles.